The average molecular weight is 400 g/mol. The molecule has 1 atom stereocenters. The number of aryl methyl sites for hydroxylation is 1. The third-order valence-electron chi connectivity index (χ3n) is 4.64. The summed E-state index contributed by atoms with van der Waals surface area (Å²) in [4.78, 5) is 14.8. The van der Waals surface area contributed by atoms with Gasteiger partial charge in [-0.25, -0.2) is 8.42 Å². The Bertz CT molecular complexity index is 947. The molecular formula is C22H25NO4S. The molecule has 5 nitrogen and oxygen atoms in total. The Morgan fingerprint density at radius 2 is 1.79 bits per heavy atom. The maximum Gasteiger partial charge on any atom is 0.258 e. The molecule has 2 aromatic carbocycles. The van der Waals surface area contributed by atoms with Crippen LogP contribution in [0.25, 0.3) is 0 Å². The molecule has 28 heavy (non-hydrogen) atoms. The second-order valence-electron chi connectivity index (χ2n) is 6.96. The third kappa shape index (κ3) is 4.81. The molecule has 0 aromatic heterocycles. The first kappa shape index (κ1) is 20.1. The van der Waals surface area contributed by atoms with Gasteiger partial charge in [-0.05, 0) is 55.8 Å². The molecule has 0 spiro atoms. The van der Waals surface area contributed by atoms with Gasteiger partial charge in [-0.15, -0.1) is 0 Å². The molecule has 0 unspecified atom stereocenters. The van der Waals surface area contributed by atoms with Crippen LogP contribution in [0.5, 0.6) is 5.75 Å². The highest BCUT2D eigenvalue weighted by Gasteiger charge is 2.32. The lowest BCUT2D eigenvalue weighted by atomic mass is 10.1. The molecule has 1 aliphatic heterocycles. The molecule has 0 fully saturated rings. The van der Waals surface area contributed by atoms with E-state index in [0.29, 0.717) is 17.9 Å². The fraction of sp³-hybridized carbons (Fsp3) is 0.318. The summed E-state index contributed by atoms with van der Waals surface area (Å²) >= 11 is 0. The summed E-state index contributed by atoms with van der Waals surface area (Å²) in [7, 11) is -3.29. The Balaban J connectivity index is 1.86. The van der Waals surface area contributed by atoms with E-state index in [4.69, 9.17) is 4.74 Å². The van der Waals surface area contributed by atoms with Crippen molar-refractivity contribution in [1.29, 1.82) is 0 Å². The molecule has 0 N–H and O–H groups in total. The highest BCUT2D eigenvalue weighted by Crippen LogP contribution is 2.26. The smallest absolute Gasteiger partial charge is 0.258 e. The summed E-state index contributed by atoms with van der Waals surface area (Å²) < 4.78 is 29.5. The monoisotopic (exact) mass is 399 g/mol. The van der Waals surface area contributed by atoms with Crippen LogP contribution >= 0.6 is 0 Å². The van der Waals surface area contributed by atoms with Crippen LogP contribution in [0.1, 0.15) is 35.7 Å². The van der Waals surface area contributed by atoms with E-state index in [9.17, 15) is 13.2 Å². The van der Waals surface area contributed by atoms with Crippen molar-refractivity contribution >= 4 is 21.4 Å². The first-order valence-corrected chi connectivity index (χ1v) is 11.2. The van der Waals surface area contributed by atoms with Crippen molar-refractivity contribution in [3.63, 3.8) is 0 Å². The molecule has 0 aliphatic carbocycles. The fourth-order valence-corrected chi connectivity index (χ4v) is 4.32. The summed E-state index contributed by atoms with van der Waals surface area (Å²) in [6.07, 6.45) is 3.61. The first-order valence-electron chi connectivity index (χ1n) is 9.43. The minimum Gasteiger partial charge on any atom is -0.494 e. The van der Waals surface area contributed by atoms with E-state index in [1.807, 2.05) is 31.2 Å². The van der Waals surface area contributed by atoms with Crippen LogP contribution in [0.2, 0.25) is 0 Å². The van der Waals surface area contributed by atoms with Gasteiger partial charge in [0.1, 0.15) is 5.75 Å². The van der Waals surface area contributed by atoms with E-state index in [0.717, 1.165) is 24.2 Å². The molecule has 2 aromatic rings. The summed E-state index contributed by atoms with van der Waals surface area (Å²) in [5.74, 6) is 0.371. The third-order valence-corrected chi connectivity index (χ3v) is 6.02. The molecule has 3 rings (SSSR count). The maximum atomic E-state index is 13.3. The number of hydrogen-bond acceptors (Lipinski definition) is 4. The van der Waals surface area contributed by atoms with Gasteiger partial charge in [0.25, 0.3) is 5.91 Å². The summed E-state index contributed by atoms with van der Waals surface area (Å²) in [6, 6.07) is 14.0. The molecule has 1 amide bonds. The molecule has 1 aliphatic rings. The number of amides is 1. The summed E-state index contributed by atoms with van der Waals surface area (Å²) in [5.41, 5.74) is 2.23. The molecule has 6 heteroatoms. The largest absolute Gasteiger partial charge is 0.494 e. The zero-order chi connectivity index (χ0) is 20.1. The van der Waals surface area contributed by atoms with Crippen molar-refractivity contribution in [2.45, 2.75) is 32.7 Å². The number of anilines is 1. The Hall–Kier alpha value is -2.60. The number of carbonyl (C=O) groups is 1. The van der Waals surface area contributed by atoms with E-state index >= 15 is 0 Å². The van der Waals surface area contributed by atoms with E-state index in [1.165, 1.54) is 5.41 Å². The quantitative estimate of drug-likeness (QED) is 0.657. The number of unbranched alkanes of at least 4 members (excludes halogenated alkanes) is 1. The van der Waals surface area contributed by atoms with Gasteiger partial charge in [0.2, 0.25) is 0 Å². The Kier molecular flexibility index (Phi) is 6.19. The van der Waals surface area contributed by atoms with E-state index < -0.39 is 15.9 Å². The topological polar surface area (TPSA) is 63.7 Å². The standard InChI is InChI=1S/C22H25NO4S/c1-3-4-14-27-21-11-7-18(8-12-21)22(24)23(19-9-5-17(2)6-10-19)20-13-15-28(25,26)16-20/h5-13,15,20H,3-4,14,16H2,1-2H3/t20-/m1/s1. The van der Waals surface area contributed by atoms with Crippen LogP contribution in [0.4, 0.5) is 5.69 Å². The molecule has 0 bridgehead atoms. The number of benzene rings is 2. The highest BCUT2D eigenvalue weighted by molar-refractivity contribution is 7.94. The Morgan fingerprint density at radius 3 is 2.36 bits per heavy atom. The van der Waals surface area contributed by atoms with Crippen LogP contribution in [-0.4, -0.2) is 32.7 Å². The minimum absolute atomic E-state index is 0.106. The predicted molar refractivity (Wildman–Crippen MR) is 112 cm³/mol. The van der Waals surface area contributed by atoms with E-state index in [1.54, 1.807) is 35.2 Å². The normalized spacial score (nSPS) is 17.4. The molecule has 0 saturated carbocycles. The van der Waals surface area contributed by atoms with Crippen LogP contribution in [0.15, 0.2) is 60.0 Å². The van der Waals surface area contributed by atoms with Gasteiger partial charge in [0, 0.05) is 16.7 Å². The first-order chi connectivity index (χ1) is 13.4. The SMILES string of the molecule is CCCCOc1ccc(C(=O)N(c2ccc(C)cc2)[C@@H]2C=CS(=O)(=O)C2)cc1. The predicted octanol–water partition coefficient (Wildman–Crippen LogP) is 4.13. The molecule has 0 saturated heterocycles. The van der Waals surface area contributed by atoms with Gasteiger partial charge in [-0.2, -0.15) is 0 Å². The molecule has 0 radical (unpaired) electrons. The van der Waals surface area contributed by atoms with Crippen molar-refractivity contribution in [3.8, 4) is 5.75 Å². The van der Waals surface area contributed by atoms with Crippen molar-refractivity contribution in [1.82, 2.24) is 0 Å². The number of sulfone groups is 1. The van der Waals surface area contributed by atoms with Gasteiger partial charge in [-0.3, -0.25) is 4.79 Å². The lowest BCUT2D eigenvalue weighted by molar-refractivity contribution is 0.0983. The van der Waals surface area contributed by atoms with E-state index in [2.05, 4.69) is 6.92 Å². The van der Waals surface area contributed by atoms with Gasteiger partial charge < -0.3 is 9.64 Å². The number of ether oxygens (including phenoxy) is 1. The van der Waals surface area contributed by atoms with Crippen LogP contribution < -0.4 is 9.64 Å². The van der Waals surface area contributed by atoms with Crippen molar-refractivity contribution < 1.29 is 17.9 Å². The number of carbonyl (C=O) groups excluding carboxylic acids is 1. The fourth-order valence-electron chi connectivity index (χ4n) is 3.05. The van der Waals surface area contributed by atoms with E-state index in [-0.39, 0.29) is 11.7 Å². The summed E-state index contributed by atoms with van der Waals surface area (Å²) in [6.45, 7) is 4.71. The zero-order valence-corrected chi connectivity index (χ0v) is 17.0. The van der Waals surface area contributed by atoms with Crippen LogP contribution in [-0.2, 0) is 9.84 Å². The van der Waals surface area contributed by atoms with Gasteiger partial charge in [-0.1, -0.05) is 31.0 Å². The second-order valence-corrected chi connectivity index (χ2v) is 8.89. The summed E-state index contributed by atoms with van der Waals surface area (Å²) in [5, 5.41) is 1.19. The number of nitrogens with zero attached hydrogens (tertiary/aromatic N) is 1. The second kappa shape index (κ2) is 8.61. The van der Waals surface area contributed by atoms with Gasteiger partial charge in [0.15, 0.2) is 9.84 Å². The highest BCUT2D eigenvalue weighted by atomic mass is 32.2. The van der Waals surface area contributed by atoms with Gasteiger partial charge >= 0.3 is 0 Å². The van der Waals surface area contributed by atoms with Gasteiger partial charge in [0.05, 0.1) is 18.4 Å². The number of rotatable bonds is 7. The molecular weight excluding hydrogens is 374 g/mol. The number of hydrogen-bond donors (Lipinski definition) is 0. The lowest BCUT2D eigenvalue weighted by Gasteiger charge is -2.28. The molecule has 148 valence electrons. The zero-order valence-electron chi connectivity index (χ0n) is 16.2. The average Bonchev–Trinajstić information content (AvgIpc) is 3.03. The van der Waals surface area contributed by atoms with Crippen molar-refractivity contribution in [2.75, 3.05) is 17.3 Å². The maximum absolute atomic E-state index is 13.3. The Morgan fingerprint density at radius 1 is 1.11 bits per heavy atom. The Labute approximate surface area is 166 Å². The lowest BCUT2D eigenvalue weighted by Crippen LogP contribution is -2.41. The van der Waals surface area contributed by atoms with Crippen LogP contribution in [0.3, 0.4) is 0 Å². The molecule has 1 heterocycles. The minimum atomic E-state index is -3.29. The van der Waals surface area contributed by atoms with Crippen LogP contribution in [0, 0.1) is 6.92 Å². The van der Waals surface area contributed by atoms with Crippen molar-refractivity contribution in [3.05, 3.63) is 71.1 Å². The van der Waals surface area contributed by atoms with Crippen molar-refractivity contribution in [2.24, 2.45) is 0 Å².